The minimum Gasteiger partial charge on any atom is -0.379 e. The van der Waals surface area contributed by atoms with Crippen LogP contribution in [0.25, 0.3) is 11.4 Å². The normalized spacial score (nSPS) is 14.2. The highest BCUT2D eigenvalue weighted by Gasteiger charge is 2.36. The Balaban J connectivity index is 1.87. The molecule has 25 heavy (non-hydrogen) atoms. The second-order valence-electron chi connectivity index (χ2n) is 5.78. The molecule has 6 nitrogen and oxygen atoms in total. The number of rotatable bonds is 5. The first kappa shape index (κ1) is 17.6. The summed E-state index contributed by atoms with van der Waals surface area (Å²) < 4.78 is 30.0. The van der Waals surface area contributed by atoms with E-state index in [0.717, 1.165) is 0 Å². The molecule has 1 atom stereocenters. The van der Waals surface area contributed by atoms with Crippen LogP contribution in [0.3, 0.4) is 0 Å². The maximum Gasteiger partial charge on any atom is 0.259 e. The molecule has 3 rings (SSSR count). The number of benzene rings is 2. The van der Waals surface area contributed by atoms with E-state index >= 15 is 0 Å². The maximum absolute atomic E-state index is 12.5. The van der Waals surface area contributed by atoms with E-state index in [2.05, 4.69) is 10.1 Å². The van der Waals surface area contributed by atoms with Crippen molar-refractivity contribution in [1.82, 2.24) is 10.1 Å². The molecule has 0 saturated carbocycles. The predicted molar refractivity (Wildman–Crippen MR) is 92.8 cm³/mol. The molecule has 1 unspecified atom stereocenters. The van der Waals surface area contributed by atoms with E-state index < -0.39 is 21.2 Å². The minimum absolute atomic E-state index is 0.118. The Bertz CT molecular complexity index is 967. The van der Waals surface area contributed by atoms with Gasteiger partial charge in [0.2, 0.25) is 5.82 Å². The lowest BCUT2D eigenvalue weighted by molar-refractivity contribution is 0.0452. The fraction of sp³-hybridized carbons (Fsp3) is 0.176. The molecule has 2 aromatic carbocycles. The average molecular weight is 379 g/mol. The molecule has 0 amide bonds. The largest absolute Gasteiger partial charge is 0.379 e. The molecule has 0 aliphatic heterocycles. The molecule has 0 bridgehead atoms. The van der Waals surface area contributed by atoms with E-state index in [4.69, 9.17) is 16.1 Å². The summed E-state index contributed by atoms with van der Waals surface area (Å²) in [6.45, 7) is 1.33. The van der Waals surface area contributed by atoms with Gasteiger partial charge >= 0.3 is 0 Å². The van der Waals surface area contributed by atoms with Crippen molar-refractivity contribution in [3.63, 3.8) is 0 Å². The van der Waals surface area contributed by atoms with E-state index in [1.807, 2.05) is 0 Å². The van der Waals surface area contributed by atoms with Crippen molar-refractivity contribution >= 4 is 21.4 Å². The number of sulfone groups is 1. The van der Waals surface area contributed by atoms with Crippen LogP contribution in [-0.4, -0.2) is 29.4 Å². The van der Waals surface area contributed by atoms with Crippen LogP contribution in [0.2, 0.25) is 5.02 Å². The van der Waals surface area contributed by atoms with E-state index in [-0.39, 0.29) is 16.6 Å². The Labute approximate surface area is 150 Å². The molecule has 0 aliphatic carbocycles. The molecule has 0 spiro atoms. The van der Waals surface area contributed by atoms with E-state index in [9.17, 15) is 13.5 Å². The van der Waals surface area contributed by atoms with Crippen LogP contribution in [0.4, 0.5) is 0 Å². The lowest BCUT2D eigenvalue weighted by Gasteiger charge is -2.18. The van der Waals surface area contributed by atoms with Crippen molar-refractivity contribution in [3.8, 4) is 11.4 Å². The molecule has 0 aliphatic rings. The molecule has 1 N–H and O–H groups in total. The first-order valence-corrected chi connectivity index (χ1v) is 9.41. The molecule has 0 fully saturated rings. The summed E-state index contributed by atoms with van der Waals surface area (Å²) in [7, 11) is -3.72. The van der Waals surface area contributed by atoms with Gasteiger partial charge < -0.3 is 9.63 Å². The topological polar surface area (TPSA) is 93.3 Å². The number of aromatic nitrogens is 2. The van der Waals surface area contributed by atoms with Crippen molar-refractivity contribution < 1.29 is 18.0 Å². The predicted octanol–water partition coefficient (Wildman–Crippen LogP) is 3.07. The number of hydrogen-bond donors (Lipinski definition) is 1. The molecule has 1 heterocycles. The van der Waals surface area contributed by atoms with E-state index in [0.29, 0.717) is 10.6 Å². The summed E-state index contributed by atoms with van der Waals surface area (Å²) >= 11 is 5.84. The lowest BCUT2D eigenvalue weighted by atomic mass is 10.1. The Morgan fingerprint density at radius 2 is 1.76 bits per heavy atom. The standard InChI is InChI=1S/C17H15ClN2O4S/c1-17(21,11-25(22,23)14-5-3-2-4-6-14)16-19-15(20-24-16)12-7-9-13(18)10-8-12/h2-10,21H,11H2,1H3. The summed E-state index contributed by atoms with van der Waals surface area (Å²) in [4.78, 5) is 4.24. The van der Waals surface area contributed by atoms with Crippen LogP contribution in [0.15, 0.2) is 64.0 Å². The molecule has 130 valence electrons. The van der Waals surface area contributed by atoms with Gasteiger partial charge in [-0.15, -0.1) is 0 Å². The fourth-order valence-corrected chi connectivity index (χ4v) is 4.03. The molecule has 0 saturated heterocycles. The fourth-order valence-electron chi connectivity index (χ4n) is 2.30. The third-order valence-electron chi connectivity index (χ3n) is 3.56. The highest BCUT2D eigenvalue weighted by Crippen LogP contribution is 2.27. The molecule has 0 radical (unpaired) electrons. The average Bonchev–Trinajstić information content (AvgIpc) is 3.06. The van der Waals surface area contributed by atoms with Gasteiger partial charge in [-0.3, -0.25) is 0 Å². The Morgan fingerprint density at radius 3 is 2.40 bits per heavy atom. The molecule has 3 aromatic rings. The highest BCUT2D eigenvalue weighted by atomic mass is 35.5. The van der Waals surface area contributed by atoms with Crippen LogP contribution >= 0.6 is 11.6 Å². The second kappa shape index (κ2) is 6.59. The van der Waals surface area contributed by atoms with Gasteiger partial charge in [0.05, 0.1) is 10.6 Å². The van der Waals surface area contributed by atoms with Crippen LogP contribution in [0, 0.1) is 0 Å². The summed E-state index contributed by atoms with van der Waals surface area (Å²) in [6.07, 6.45) is 0. The highest BCUT2D eigenvalue weighted by molar-refractivity contribution is 7.91. The van der Waals surface area contributed by atoms with E-state index in [1.165, 1.54) is 19.1 Å². The number of aliphatic hydroxyl groups is 1. The SMILES string of the molecule is CC(O)(CS(=O)(=O)c1ccccc1)c1nc(-c2ccc(Cl)cc2)no1. The minimum atomic E-state index is -3.72. The second-order valence-corrected chi connectivity index (χ2v) is 8.20. The molecule has 1 aromatic heterocycles. The van der Waals surface area contributed by atoms with Gasteiger partial charge in [0.25, 0.3) is 5.89 Å². The van der Waals surface area contributed by atoms with Crippen molar-refractivity contribution in [2.75, 3.05) is 5.75 Å². The Hall–Kier alpha value is -2.22. The quantitative estimate of drug-likeness (QED) is 0.733. The third-order valence-corrected chi connectivity index (χ3v) is 5.75. The van der Waals surface area contributed by atoms with Gasteiger partial charge in [-0.1, -0.05) is 35.0 Å². The summed E-state index contributed by atoms with van der Waals surface area (Å²) in [6, 6.07) is 14.6. The lowest BCUT2D eigenvalue weighted by Crippen LogP contribution is -2.31. The molecular weight excluding hydrogens is 364 g/mol. The summed E-state index contributed by atoms with van der Waals surface area (Å²) in [5.74, 6) is -0.507. The first-order chi connectivity index (χ1) is 11.8. The van der Waals surface area contributed by atoms with Gasteiger partial charge in [-0.05, 0) is 43.3 Å². The van der Waals surface area contributed by atoms with Gasteiger partial charge in [0.1, 0.15) is 0 Å². The van der Waals surface area contributed by atoms with Crippen molar-refractivity contribution in [2.45, 2.75) is 17.4 Å². The number of hydrogen-bond acceptors (Lipinski definition) is 6. The van der Waals surface area contributed by atoms with E-state index in [1.54, 1.807) is 42.5 Å². The molecule has 8 heteroatoms. The van der Waals surface area contributed by atoms with Gasteiger partial charge in [-0.2, -0.15) is 4.98 Å². The maximum atomic E-state index is 12.5. The van der Waals surface area contributed by atoms with Crippen LogP contribution in [-0.2, 0) is 15.4 Å². The number of nitrogens with zero attached hydrogens (tertiary/aromatic N) is 2. The zero-order valence-electron chi connectivity index (χ0n) is 13.3. The van der Waals surface area contributed by atoms with Gasteiger partial charge in [0.15, 0.2) is 15.4 Å². The van der Waals surface area contributed by atoms with Crippen molar-refractivity contribution in [1.29, 1.82) is 0 Å². The monoisotopic (exact) mass is 378 g/mol. The summed E-state index contributed by atoms with van der Waals surface area (Å²) in [5, 5.41) is 15.0. The molecular formula is C17H15ClN2O4S. The van der Waals surface area contributed by atoms with Crippen LogP contribution in [0.1, 0.15) is 12.8 Å². The van der Waals surface area contributed by atoms with Crippen molar-refractivity contribution in [2.24, 2.45) is 0 Å². The van der Waals surface area contributed by atoms with Gasteiger partial charge in [0, 0.05) is 10.6 Å². The Kier molecular flexibility index (Phi) is 4.64. The van der Waals surface area contributed by atoms with Crippen LogP contribution in [0.5, 0.6) is 0 Å². The third kappa shape index (κ3) is 3.89. The van der Waals surface area contributed by atoms with Crippen LogP contribution < -0.4 is 0 Å². The summed E-state index contributed by atoms with van der Waals surface area (Å²) in [5.41, 5.74) is -1.19. The van der Waals surface area contributed by atoms with Crippen molar-refractivity contribution in [3.05, 3.63) is 65.5 Å². The first-order valence-electron chi connectivity index (χ1n) is 7.38. The zero-order valence-corrected chi connectivity index (χ0v) is 14.8. The zero-order chi connectivity index (χ0) is 18.1. The van der Waals surface area contributed by atoms with Gasteiger partial charge in [-0.25, -0.2) is 8.42 Å². The smallest absolute Gasteiger partial charge is 0.259 e. The Morgan fingerprint density at radius 1 is 1.12 bits per heavy atom. The number of halogens is 1.